The molecule has 156 valence electrons. The molecule has 4 aromatic carbocycles. The van der Waals surface area contributed by atoms with Gasteiger partial charge in [-0.2, -0.15) is 0 Å². The van der Waals surface area contributed by atoms with Crippen molar-refractivity contribution in [2.75, 3.05) is 7.11 Å². The van der Waals surface area contributed by atoms with E-state index < -0.39 is 0 Å². The maximum Gasteiger partial charge on any atom is 0.290 e. The van der Waals surface area contributed by atoms with E-state index in [1.807, 2.05) is 42.5 Å². The summed E-state index contributed by atoms with van der Waals surface area (Å²) >= 11 is 0.927. The van der Waals surface area contributed by atoms with Crippen LogP contribution in [0.2, 0.25) is 0 Å². The molecule has 0 unspecified atom stereocenters. The van der Waals surface area contributed by atoms with E-state index in [-0.39, 0.29) is 11.1 Å². The maximum atomic E-state index is 11.8. The van der Waals surface area contributed by atoms with Crippen LogP contribution in [0.1, 0.15) is 5.56 Å². The number of amides is 2. The molecule has 0 atom stereocenters. The molecule has 0 radical (unpaired) electrons. The van der Waals surface area contributed by atoms with Gasteiger partial charge in [0.2, 0.25) is 0 Å². The number of methoxy groups -OCH3 is 1. The van der Waals surface area contributed by atoms with Gasteiger partial charge in [0.25, 0.3) is 11.1 Å². The Hall–Kier alpha value is -3.83. The normalized spacial score (nSPS) is 14.7. The highest BCUT2D eigenvalue weighted by Gasteiger charge is 2.24. The van der Waals surface area contributed by atoms with Gasteiger partial charge in [-0.05, 0) is 75.1 Å². The summed E-state index contributed by atoms with van der Waals surface area (Å²) in [7, 11) is 1.69. The number of fused-ring (bicyclic) bond motifs is 1. The zero-order valence-corrected chi connectivity index (χ0v) is 18.1. The summed E-state index contributed by atoms with van der Waals surface area (Å²) in [6, 6.07) is 28.8. The molecule has 1 N–H and O–H groups in total. The predicted molar refractivity (Wildman–Crippen MR) is 130 cm³/mol. The van der Waals surface area contributed by atoms with E-state index in [1.54, 1.807) is 13.2 Å². The Morgan fingerprint density at radius 2 is 1.50 bits per heavy atom. The quantitative estimate of drug-likeness (QED) is 0.370. The van der Waals surface area contributed by atoms with Crippen LogP contribution in [0.25, 0.3) is 39.1 Å². The Labute approximate surface area is 189 Å². The molecular formula is C27H19NO3S. The Morgan fingerprint density at radius 1 is 0.781 bits per heavy atom. The fourth-order valence-corrected chi connectivity index (χ4v) is 4.52. The number of carbonyl (C=O) groups excluding carboxylic acids is 2. The molecule has 5 heteroatoms. The van der Waals surface area contributed by atoms with E-state index in [9.17, 15) is 9.59 Å². The average Bonchev–Trinajstić information content (AvgIpc) is 3.15. The van der Waals surface area contributed by atoms with Gasteiger partial charge in [0.1, 0.15) is 5.75 Å². The molecule has 1 saturated heterocycles. The largest absolute Gasteiger partial charge is 0.496 e. The number of carbonyl (C=O) groups is 2. The minimum atomic E-state index is -0.343. The van der Waals surface area contributed by atoms with Gasteiger partial charge >= 0.3 is 0 Å². The van der Waals surface area contributed by atoms with Gasteiger partial charge in [0.05, 0.1) is 12.0 Å². The standard InChI is InChI=1S/C27H19NO3S/c1-31-24-12-11-22(16-23(24)18-5-3-2-4-6-18)21-10-9-19-13-17(7-8-20(19)15-21)14-25-26(29)28-27(30)32-25/h2-16H,1H3,(H,28,29,30)/b25-14-. The van der Waals surface area contributed by atoms with Crippen LogP contribution in [0.5, 0.6) is 5.75 Å². The highest BCUT2D eigenvalue weighted by Crippen LogP contribution is 2.35. The molecule has 0 aliphatic carbocycles. The molecule has 4 nitrogen and oxygen atoms in total. The van der Waals surface area contributed by atoms with Crippen LogP contribution in [0.4, 0.5) is 4.79 Å². The molecule has 4 aromatic rings. The lowest BCUT2D eigenvalue weighted by atomic mass is 9.96. The van der Waals surface area contributed by atoms with Crippen molar-refractivity contribution >= 4 is 39.8 Å². The van der Waals surface area contributed by atoms with Crippen molar-refractivity contribution < 1.29 is 14.3 Å². The summed E-state index contributed by atoms with van der Waals surface area (Å²) in [5, 5.41) is 4.11. The minimum absolute atomic E-state index is 0.332. The lowest BCUT2D eigenvalue weighted by Gasteiger charge is -2.12. The summed E-state index contributed by atoms with van der Waals surface area (Å²) in [6.45, 7) is 0. The Morgan fingerprint density at radius 3 is 2.25 bits per heavy atom. The molecule has 2 amide bonds. The monoisotopic (exact) mass is 437 g/mol. The molecule has 1 aliphatic heterocycles. The average molecular weight is 438 g/mol. The second kappa shape index (κ2) is 8.36. The van der Waals surface area contributed by atoms with E-state index in [4.69, 9.17) is 4.74 Å². The Balaban J connectivity index is 1.51. The summed E-state index contributed by atoms with van der Waals surface area (Å²) in [6.07, 6.45) is 1.74. The number of rotatable bonds is 4. The van der Waals surface area contributed by atoms with Crippen LogP contribution < -0.4 is 10.1 Å². The van der Waals surface area contributed by atoms with Crippen LogP contribution in [0.3, 0.4) is 0 Å². The number of thioether (sulfide) groups is 1. The van der Waals surface area contributed by atoms with Crippen molar-refractivity contribution in [3.8, 4) is 28.0 Å². The first-order chi connectivity index (χ1) is 15.6. The van der Waals surface area contributed by atoms with Crippen molar-refractivity contribution in [1.82, 2.24) is 5.32 Å². The number of hydrogen-bond donors (Lipinski definition) is 1. The van der Waals surface area contributed by atoms with Crippen molar-refractivity contribution in [2.24, 2.45) is 0 Å². The summed E-state index contributed by atoms with van der Waals surface area (Å²) in [4.78, 5) is 23.6. The second-order valence-electron chi connectivity index (χ2n) is 7.45. The highest BCUT2D eigenvalue weighted by molar-refractivity contribution is 8.18. The number of ether oxygens (including phenoxy) is 1. The summed E-state index contributed by atoms with van der Waals surface area (Å²) in [5.41, 5.74) is 5.26. The first-order valence-electron chi connectivity index (χ1n) is 10.1. The molecule has 1 fully saturated rings. The lowest BCUT2D eigenvalue weighted by Crippen LogP contribution is -2.17. The molecule has 32 heavy (non-hydrogen) atoms. The highest BCUT2D eigenvalue weighted by atomic mass is 32.2. The Kier molecular flexibility index (Phi) is 5.25. The molecule has 0 saturated carbocycles. The summed E-state index contributed by atoms with van der Waals surface area (Å²) < 4.78 is 5.59. The maximum absolute atomic E-state index is 11.8. The van der Waals surface area contributed by atoms with Gasteiger partial charge in [-0.25, -0.2) is 0 Å². The molecule has 0 bridgehead atoms. The second-order valence-corrected chi connectivity index (χ2v) is 8.47. The van der Waals surface area contributed by atoms with Crippen LogP contribution in [0, 0.1) is 0 Å². The van der Waals surface area contributed by atoms with E-state index in [1.165, 1.54) is 0 Å². The van der Waals surface area contributed by atoms with Gasteiger partial charge in [0, 0.05) is 5.56 Å². The fourth-order valence-electron chi connectivity index (χ4n) is 3.84. The minimum Gasteiger partial charge on any atom is -0.496 e. The first-order valence-corrected chi connectivity index (χ1v) is 10.9. The molecular weight excluding hydrogens is 418 g/mol. The van der Waals surface area contributed by atoms with Gasteiger partial charge in [-0.15, -0.1) is 0 Å². The zero-order chi connectivity index (χ0) is 22.1. The van der Waals surface area contributed by atoms with Crippen molar-refractivity contribution in [3.05, 3.63) is 95.4 Å². The molecule has 0 spiro atoms. The SMILES string of the molecule is COc1ccc(-c2ccc3cc(/C=C4\SC(=O)NC4=O)ccc3c2)cc1-c1ccccc1. The van der Waals surface area contributed by atoms with E-state index in [0.717, 1.165) is 56.1 Å². The van der Waals surface area contributed by atoms with Crippen LogP contribution >= 0.6 is 11.8 Å². The zero-order valence-electron chi connectivity index (χ0n) is 17.3. The van der Waals surface area contributed by atoms with E-state index >= 15 is 0 Å². The van der Waals surface area contributed by atoms with Gasteiger partial charge in [0.15, 0.2) is 0 Å². The Bertz CT molecular complexity index is 1390. The van der Waals surface area contributed by atoms with Crippen LogP contribution in [-0.4, -0.2) is 18.3 Å². The van der Waals surface area contributed by atoms with Gasteiger partial charge in [-0.1, -0.05) is 60.7 Å². The molecule has 1 heterocycles. The molecule has 0 aromatic heterocycles. The third kappa shape index (κ3) is 3.90. The van der Waals surface area contributed by atoms with Crippen molar-refractivity contribution in [2.45, 2.75) is 0 Å². The predicted octanol–water partition coefficient (Wildman–Crippen LogP) is 6.51. The number of nitrogens with one attached hydrogen (secondary N) is 1. The smallest absolute Gasteiger partial charge is 0.290 e. The van der Waals surface area contributed by atoms with E-state index in [2.05, 4.69) is 47.8 Å². The first kappa shape index (κ1) is 20.1. The molecule has 1 aliphatic rings. The van der Waals surface area contributed by atoms with E-state index in [0.29, 0.717) is 4.91 Å². The van der Waals surface area contributed by atoms with Crippen molar-refractivity contribution in [1.29, 1.82) is 0 Å². The number of imide groups is 1. The van der Waals surface area contributed by atoms with Gasteiger partial charge < -0.3 is 4.74 Å². The topological polar surface area (TPSA) is 55.4 Å². The third-order valence-corrected chi connectivity index (χ3v) is 6.23. The third-order valence-electron chi connectivity index (χ3n) is 5.42. The number of hydrogen-bond acceptors (Lipinski definition) is 4. The van der Waals surface area contributed by atoms with Crippen molar-refractivity contribution in [3.63, 3.8) is 0 Å². The van der Waals surface area contributed by atoms with Gasteiger partial charge in [-0.3, -0.25) is 14.9 Å². The summed E-state index contributed by atoms with van der Waals surface area (Å²) in [5.74, 6) is 0.495. The lowest BCUT2D eigenvalue weighted by molar-refractivity contribution is -0.115. The molecule has 5 rings (SSSR count). The fraction of sp³-hybridized carbons (Fsp3) is 0.0370. The van der Waals surface area contributed by atoms with Crippen LogP contribution in [-0.2, 0) is 4.79 Å². The number of benzene rings is 4. The van der Waals surface area contributed by atoms with Crippen LogP contribution in [0.15, 0.2) is 89.8 Å².